The molecule has 0 aliphatic carbocycles. The number of hydrogen-bond donors (Lipinski definition) is 2. The van der Waals surface area contributed by atoms with Gasteiger partial charge in [0.05, 0.1) is 0 Å². The fourth-order valence-electron chi connectivity index (χ4n) is 1.34. The van der Waals surface area contributed by atoms with Gasteiger partial charge in [-0.05, 0) is 41.4 Å². The van der Waals surface area contributed by atoms with Crippen LogP contribution >= 0.6 is 15.9 Å². The van der Waals surface area contributed by atoms with Crippen LogP contribution in [0.15, 0.2) is 22.9 Å². The van der Waals surface area contributed by atoms with Gasteiger partial charge in [0.1, 0.15) is 4.60 Å². The Morgan fingerprint density at radius 1 is 1.43 bits per heavy atom. The van der Waals surface area contributed by atoms with E-state index >= 15 is 0 Å². The van der Waals surface area contributed by atoms with Crippen molar-refractivity contribution in [3.63, 3.8) is 0 Å². The van der Waals surface area contributed by atoms with Crippen LogP contribution in [-0.4, -0.2) is 11.5 Å². The lowest BCUT2D eigenvalue weighted by molar-refractivity contribution is 0.587. The van der Waals surface area contributed by atoms with Gasteiger partial charge in [-0.15, -0.1) is 0 Å². The first-order chi connectivity index (χ1) is 6.75. The van der Waals surface area contributed by atoms with Gasteiger partial charge >= 0.3 is 0 Å². The predicted octanol–water partition coefficient (Wildman–Crippen LogP) is 1.97. The van der Waals surface area contributed by atoms with Gasteiger partial charge in [-0.3, -0.25) is 0 Å². The number of nitrogens with zero attached hydrogens (tertiary/aromatic N) is 1. The highest BCUT2D eigenvalue weighted by molar-refractivity contribution is 9.10. The van der Waals surface area contributed by atoms with Crippen molar-refractivity contribution in [2.24, 2.45) is 11.5 Å². The molecule has 1 aromatic rings. The quantitative estimate of drug-likeness (QED) is 0.627. The first kappa shape index (κ1) is 11.6. The van der Waals surface area contributed by atoms with Crippen molar-refractivity contribution in [1.82, 2.24) is 4.98 Å². The van der Waals surface area contributed by atoms with Crippen LogP contribution in [0, 0.1) is 0 Å². The SMILES string of the molecule is NCCCC[C@H](N)c1cccnc1Br. The summed E-state index contributed by atoms with van der Waals surface area (Å²) in [6.45, 7) is 0.737. The Labute approximate surface area is 93.0 Å². The summed E-state index contributed by atoms with van der Waals surface area (Å²) >= 11 is 3.39. The van der Waals surface area contributed by atoms with Crippen molar-refractivity contribution in [3.05, 3.63) is 28.5 Å². The number of unbranched alkanes of at least 4 members (excludes halogenated alkanes) is 1. The standard InChI is InChI=1S/C10H16BrN3/c11-10-8(4-3-7-14-10)9(13)5-1-2-6-12/h3-4,7,9H,1-2,5-6,12-13H2/t9-/m0/s1. The predicted molar refractivity (Wildman–Crippen MR) is 61.8 cm³/mol. The van der Waals surface area contributed by atoms with E-state index in [1.54, 1.807) is 6.20 Å². The first-order valence-corrected chi connectivity index (χ1v) is 5.61. The van der Waals surface area contributed by atoms with Crippen LogP contribution in [0.4, 0.5) is 0 Å². The Balaban J connectivity index is 2.51. The van der Waals surface area contributed by atoms with E-state index in [0.717, 1.165) is 36.0 Å². The minimum atomic E-state index is 0.0598. The van der Waals surface area contributed by atoms with Crippen molar-refractivity contribution in [1.29, 1.82) is 0 Å². The molecule has 4 N–H and O–H groups in total. The maximum atomic E-state index is 6.03. The molecule has 1 heterocycles. The van der Waals surface area contributed by atoms with Crippen molar-refractivity contribution >= 4 is 15.9 Å². The third kappa shape index (κ3) is 3.36. The fourth-order valence-corrected chi connectivity index (χ4v) is 1.88. The molecule has 0 saturated heterocycles. The molecule has 4 heteroatoms. The second-order valence-corrected chi connectivity index (χ2v) is 4.03. The van der Waals surface area contributed by atoms with Crippen molar-refractivity contribution in [2.75, 3.05) is 6.54 Å². The lowest BCUT2D eigenvalue weighted by Gasteiger charge is -2.12. The fraction of sp³-hybridized carbons (Fsp3) is 0.500. The molecule has 0 spiro atoms. The zero-order valence-corrected chi connectivity index (χ0v) is 9.70. The smallest absolute Gasteiger partial charge is 0.110 e. The van der Waals surface area contributed by atoms with Gasteiger partial charge in [0, 0.05) is 17.8 Å². The van der Waals surface area contributed by atoms with Crippen LogP contribution < -0.4 is 11.5 Å². The molecule has 1 aromatic heterocycles. The van der Waals surface area contributed by atoms with E-state index in [4.69, 9.17) is 11.5 Å². The average molecular weight is 258 g/mol. The highest BCUT2D eigenvalue weighted by Crippen LogP contribution is 2.22. The number of nitrogens with two attached hydrogens (primary N) is 2. The minimum Gasteiger partial charge on any atom is -0.330 e. The van der Waals surface area contributed by atoms with Gasteiger partial charge < -0.3 is 11.5 Å². The summed E-state index contributed by atoms with van der Waals surface area (Å²) < 4.78 is 0.847. The van der Waals surface area contributed by atoms with E-state index in [1.165, 1.54) is 0 Å². The normalized spacial score (nSPS) is 12.8. The van der Waals surface area contributed by atoms with Gasteiger partial charge in [-0.25, -0.2) is 4.98 Å². The van der Waals surface area contributed by atoms with Crippen LogP contribution in [0.1, 0.15) is 30.9 Å². The zero-order chi connectivity index (χ0) is 10.4. The van der Waals surface area contributed by atoms with Gasteiger partial charge in [0.2, 0.25) is 0 Å². The molecule has 0 amide bonds. The van der Waals surface area contributed by atoms with Crippen LogP contribution in [0.2, 0.25) is 0 Å². The molecule has 0 fully saturated rings. The van der Waals surface area contributed by atoms with E-state index in [9.17, 15) is 0 Å². The van der Waals surface area contributed by atoms with Gasteiger partial charge in [-0.2, -0.15) is 0 Å². The van der Waals surface area contributed by atoms with Crippen LogP contribution in [-0.2, 0) is 0 Å². The summed E-state index contributed by atoms with van der Waals surface area (Å²) in [5, 5.41) is 0. The Kier molecular flexibility index (Phi) is 5.07. The molecule has 1 rings (SSSR count). The van der Waals surface area contributed by atoms with E-state index in [1.807, 2.05) is 12.1 Å². The second-order valence-electron chi connectivity index (χ2n) is 3.27. The molecule has 3 nitrogen and oxygen atoms in total. The van der Waals surface area contributed by atoms with Crippen LogP contribution in [0.25, 0.3) is 0 Å². The molecule has 0 bridgehead atoms. The number of halogens is 1. The van der Waals surface area contributed by atoms with E-state index in [0.29, 0.717) is 0 Å². The van der Waals surface area contributed by atoms with Gasteiger partial charge in [-0.1, -0.05) is 12.5 Å². The van der Waals surface area contributed by atoms with Crippen molar-refractivity contribution < 1.29 is 0 Å². The lowest BCUT2D eigenvalue weighted by Crippen LogP contribution is -2.12. The lowest BCUT2D eigenvalue weighted by atomic mass is 10.0. The summed E-state index contributed by atoms with van der Waals surface area (Å²) in [5.41, 5.74) is 12.5. The molecule has 0 radical (unpaired) electrons. The molecule has 1 atom stereocenters. The Morgan fingerprint density at radius 2 is 2.21 bits per heavy atom. The number of aromatic nitrogens is 1. The van der Waals surface area contributed by atoms with E-state index in [2.05, 4.69) is 20.9 Å². The number of rotatable bonds is 5. The van der Waals surface area contributed by atoms with Crippen molar-refractivity contribution in [2.45, 2.75) is 25.3 Å². The molecule has 0 aromatic carbocycles. The average Bonchev–Trinajstić information content (AvgIpc) is 2.18. The number of pyridine rings is 1. The van der Waals surface area contributed by atoms with Crippen LogP contribution in [0.5, 0.6) is 0 Å². The summed E-state index contributed by atoms with van der Waals surface area (Å²) in [4.78, 5) is 4.14. The molecular weight excluding hydrogens is 242 g/mol. The zero-order valence-electron chi connectivity index (χ0n) is 8.12. The maximum absolute atomic E-state index is 6.03. The molecule has 0 aliphatic rings. The summed E-state index contributed by atoms with van der Waals surface area (Å²) in [6, 6.07) is 3.97. The van der Waals surface area contributed by atoms with E-state index in [-0.39, 0.29) is 6.04 Å². The van der Waals surface area contributed by atoms with Crippen molar-refractivity contribution in [3.8, 4) is 0 Å². The topological polar surface area (TPSA) is 64.9 Å². The first-order valence-electron chi connectivity index (χ1n) is 4.81. The highest BCUT2D eigenvalue weighted by atomic mass is 79.9. The minimum absolute atomic E-state index is 0.0598. The Morgan fingerprint density at radius 3 is 2.86 bits per heavy atom. The van der Waals surface area contributed by atoms with E-state index < -0.39 is 0 Å². The maximum Gasteiger partial charge on any atom is 0.110 e. The summed E-state index contributed by atoms with van der Waals surface area (Å²) in [7, 11) is 0. The molecule has 0 saturated carbocycles. The third-order valence-corrected chi connectivity index (χ3v) is 2.82. The molecule has 78 valence electrons. The molecular formula is C10H16BrN3. The largest absolute Gasteiger partial charge is 0.330 e. The monoisotopic (exact) mass is 257 g/mol. The van der Waals surface area contributed by atoms with Gasteiger partial charge in [0.15, 0.2) is 0 Å². The molecule has 14 heavy (non-hydrogen) atoms. The Hall–Kier alpha value is -0.450. The highest BCUT2D eigenvalue weighted by Gasteiger charge is 2.09. The van der Waals surface area contributed by atoms with Crippen LogP contribution in [0.3, 0.4) is 0 Å². The van der Waals surface area contributed by atoms with Gasteiger partial charge in [0.25, 0.3) is 0 Å². The molecule has 0 unspecified atom stereocenters. The summed E-state index contributed by atoms with van der Waals surface area (Å²) in [5.74, 6) is 0. The molecule has 0 aliphatic heterocycles. The summed E-state index contributed by atoms with van der Waals surface area (Å²) in [6.07, 6.45) is 4.81. The second kappa shape index (κ2) is 6.11. The third-order valence-electron chi connectivity index (χ3n) is 2.16. The Bertz CT molecular complexity index is 278. The number of hydrogen-bond acceptors (Lipinski definition) is 3.